The summed E-state index contributed by atoms with van der Waals surface area (Å²) < 4.78 is 0. The van der Waals surface area contributed by atoms with Gasteiger partial charge in [-0.2, -0.15) is 0 Å². The van der Waals surface area contributed by atoms with Crippen LogP contribution in [0.4, 0.5) is 21.9 Å². The van der Waals surface area contributed by atoms with Crippen LogP contribution in [0.2, 0.25) is 5.02 Å². The third kappa shape index (κ3) is 3.24. The zero-order valence-corrected chi connectivity index (χ0v) is 19.1. The van der Waals surface area contributed by atoms with Crippen LogP contribution in [0.3, 0.4) is 0 Å². The number of amides is 4. The van der Waals surface area contributed by atoms with Gasteiger partial charge in [0.05, 0.1) is 16.7 Å². The topological polar surface area (TPSA) is 116 Å². The number of carbonyl (C=O) groups excluding carboxylic acids is 3. The summed E-state index contributed by atoms with van der Waals surface area (Å²) in [6, 6.07) is 9.37. The monoisotopic (exact) mass is 483 g/mol. The number of nitrogens with one attached hydrogen (secondary N) is 1. The van der Waals surface area contributed by atoms with Crippen molar-refractivity contribution in [3.05, 3.63) is 63.2 Å². The highest BCUT2D eigenvalue weighted by Gasteiger charge is 2.63. The Morgan fingerprint density at radius 3 is 2.56 bits per heavy atom. The quantitative estimate of drug-likeness (QED) is 0.405. The fraction of sp³-hybridized carbons (Fsp3) is 0.348. The highest BCUT2D eigenvalue weighted by molar-refractivity contribution is 6.32. The summed E-state index contributed by atoms with van der Waals surface area (Å²) in [4.78, 5) is 56.5. The second-order valence-electron chi connectivity index (χ2n) is 8.70. The van der Waals surface area contributed by atoms with E-state index in [9.17, 15) is 24.5 Å². The lowest BCUT2D eigenvalue weighted by Crippen LogP contribution is -2.75. The summed E-state index contributed by atoms with van der Waals surface area (Å²) in [5.74, 6) is -1.33. The highest BCUT2D eigenvalue weighted by Crippen LogP contribution is 2.47. The maximum absolute atomic E-state index is 14.1. The molecule has 2 saturated heterocycles. The Bertz CT molecular complexity index is 1220. The molecule has 176 valence electrons. The number of halogens is 1. The molecular weight excluding hydrogens is 462 g/mol. The van der Waals surface area contributed by atoms with E-state index in [0.717, 1.165) is 23.7 Å². The van der Waals surface area contributed by atoms with Gasteiger partial charge in [-0.1, -0.05) is 18.5 Å². The Hall–Kier alpha value is -3.50. The minimum atomic E-state index is -1.64. The number of hydrogen-bond acceptors (Lipinski definition) is 7. The zero-order chi connectivity index (χ0) is 24.2. The molecule has 1 spiro atoms. The van der Waals surface area contributed by atoms with Crippen LogP contribution >= 0.6 is 11.6 Å². The maximum Gasteiger partial charge on any atom is 0.335 e. The first-order chi connectivity index (χ1) is 16.3. The van der Waals surface area contributed by atoms with Gasteiger partial charge < -0.3 is 4.90 Å². The summed E-state index contributed by atoms with van der Waals surface area (Å²) in [6.45, 7) is 4.45. The first kappa shape index (κ1) is 22.3. The molecule has 3 aliphatic heterocycles. The van der Waals surface area contributed by atoms with Crippen molar-refractivity contribution in [2.45, 2.75) is 19.4 Å². The van der Waals surface area contributed by atoms with E-state index in [1.165, 1.54) is 12.1 Å². The number of imide groups is 2. The predicted octanol–water partition coefficient (Wildman–Crippen LogP) is 2.58. The number of rotatable bonds is 3. The van der Waals surface area contributed by atoms with Crippen LogP contribution in [0.1, 0.15) is 12.5 Å². The first-order valence-corrected chi connectivity index (χ1v) is 11.4. The fourth-order valence-electron chi connectivity index (χ4n) is 5.29. The number of urea groups is 1. The van der Waals surface area contributed by atoms with Gasteiger partial charge in [-0.15, -0.1) is 0 Å². The Morgan fingerprint density at radius 1 is 1.15 bits per heavy atom. The number of barbiturate groups is 1. The molecule has 4 amide bonds. The van der Waals surface area contributed by atoms with Crippen molar-refractivity contribution in [1.29, 1.82) is 0 Å². The number of fused-ring (bicyclic) bond motifs is 4. The minimum Gasteiger partial charge on any atom is -0.364 e. The normalized spacial score (nSPS) is 24.6. The number of nitro groups is 1. The molecule has 34 heavy (non-hydrogen) atoms. The minimum absolute atomic E-state index is 0.0508. The lowest BCUT2D eigenvalue weighted by Gasteiger charge is -2.55. The molecule has 0 unspecified atom stereocenters. The molecule has 11 heteroatoms. The number of benzene rings is 2. The van der Waals surface area contributed by atoms with Crippen LogP contribution in [0.5, 0.6) is 0 Å². The van der Waals surface area contributed by atoms with E-state index in [0.29, 0.717) is 29.4 Å². The lowest BCUT2D eigenvalue weighted by atomic mass is 9.67. The summed E-state index contributed by atoms with van der Waals surface area (Å²) in [7, 11) is 0. The van der Waals surface area contributed by atoms with Gasteiger partial charge in [-0.25, -0.2) is 9.69 Å². The van der Waals surface area contributed by atoms with Crippen molar-refractivity contribution in [2.75, 3.05) is 36.0 Å². The predicted molar refractivity (Wildman–Crippen MR) is 125 cm³/mol. The zero-order valence-electron chi connectivity index (χ0n) is 18.4. The van der Waals surface area contributed by atoms with Crippen molar-refractivity contribution in [1.82, 2.24) is 10.2 Å². The molecule has 1 N–H and O–H groups in total. The Balaban J connectivity index is 1.67. The van der Waals surface area contributed by atoms with Crippen molar-refractivity contribution in [3.63, 3.8) is 0 Å². The van der Waals surface area contributed by atoms with Crippen LogP contribution in [0, 0.1) is 15.5 Å². The molecular formula is C23H22ClN5O5. The third-order valence-corrected chi connectivity index (χ3v) is 7.28. The lowest BCUT2D eigenvalue weighted by molar-refractivity contribution is -0.384. The molecule has 2 aromatic rings. The van der Waals surface area contributed by atoms with Gasteiger partial charge in [-0.3, -0.25) is 29.9 Å². The van der Waals surface area contributed by atoms with Crippen LogP contribution in [0.15, 0.2) is 42.5 Å². The van der Waals surface area contributed by atoms with E-state index in [-0.39, 0.29) is 12.1 Å². The first-order valence-electron chi connectivity index (χ1n) is 11.0. The molecule has 3 heterocycles. The van der Waals surface area contributed by atoms with E-state index in [1.54, 1.807) is 30.3 Å². The van der Waals surface area contributed by atoms with Crippen molar-refractivity contribution in [3.8, 4) is 0 Å². The molecule has 0 bridgehead atoms. The molecule has 2 atom stereocenters. The second-order valence-corrected chi connectivity index (χ2v) is 9.13. The van der Waals surface area contributed by atoms with Gasteiger partial charge in [0.1, 0.15) is 0 Å². The molecule has 2 fully saturated rings. The van der Waals surface area contributed by atoms with Gasteiger partial charge in [0, 0.05) is 48.9 Å². The summed E-state index contributed by atoms with van der Waals surface area (Å²) in [6.07, 6.45) is -0.0508. The van der Waals surface area contributed by atoms with E-state index in [2.05, 4.69) is 10.2 Å². The summed E-state index contributed by atoms with van der Waals surface area (Å²) in [5, 5.41) is 14.3. The molecule has 0 aliphatic carbocycles. The standard InChI is InChI=1S/C23H22ClN5O5/c1-2-26-9-10-27-18-8-7-17(29(33)34)11-14(18)12-23(19(27)13-26)20(30)25-22(32)28(21(23)31)16-5-3-15(24)4-6-16/h3-8,11,19H,2,9-10,12-13H2,1H3,(H,25,30,32)/t19-,23-/m1/s1. The molecule has 5 rings (SSSR count). The maximum atomic E-state index is 14.1. The number of nitrogens with zero attached hydrogens (tertiary/aromatic N) is 4. The van der Waals surface area contributed by atoms with Gasteiger partial charge in [0.25, 0.3) is 11.6 Å². The largest absolute Gasteiger partial charge is 0.364 e. The number of piperazine rings is 1. The van der Waals surface area contributed by atoms with Crippen LogP contribution in [-0.4, -0.2) is 59.9 Å². The van der Waals surface area contributed by atoms with Crippen LogP contribution < -0.4 is 15.1 Å². The number of non-ortho nitro benzene ring substituents is 1. The van der Waals surface area contributed by atoms with Gasteiger partial charge in [0.2, 0.25) is 5.91 Å². The Labute approximate surface area is 200 Å². The van der Waals surface area contributed by atoms with E-state index < -0.39 is 34.2 Å². The number of nitro benzene ring substituents is 1. The Kier molecular flexibility index (Phi) is 5.29. The van der Waals surface area contributed by atoms with Crippen molar-refractivity contribution >= 4 is 46.5 Å². The SMILES string of the molecule is CCN1CCN2c3ccc([N+](=O)[O-])cc3C[C@]3(C(=O)NC(=O)N(c4ccc(Cl)cc4)C3=O)[C@H]2C1. The second kappa shape index (κ2) is 8.07. The molecule has 0 aromatic heterocycles. The van der Waals surface area contributed by atoms with Gasteiger partial charge in [0.15, 0.2) is 5.41 Å². The van der Waals surface area contributed by atoms with Crippen LogP contribution in [0.25, 0.3) is 0 Å². The molecule has 0 radical (unpaired) electrons. The number of anilines is 2. The fourth-order valence-corrected chi connectivity index (χ4v) is 5.42. The van der Waals surface area contributed by atoms with Gasteiger partial charge in [-0.05, 0) is 42.4 Å². The van der Waals surface area contributed by atoms with Crippen molar-refractivity contribution < 1.29 is 19.3 Å². The number of carbonyl (C=O) groups is 3. The molecule has 10 nitrogen and oxygen atoms in total. The van der Waals surface area contributed by atoms with E-state index in [4.69, 9.17) is 11.6 Å². The van der Waals surface area contributed by atoms with Crippen molar-refractivity contribution in [2.24, 2.45) is 5.41 Å². The Morgan fingerprint density at radius 2 is 1.88 bits per heavy atom. The highest BCUT2D eigenvalue weighted by atomic mass is 35.5. The van der Waals surface area contributed by atoms with E-state index >= 15 is 0 Å². The third-order valence-electron chi connectivity index (χ3n) is 7.03. The average molecular weight is 484 g/mol. The average Bonchev–Trinajstić information content (AvgIpc) is 2.83. The van der Waals surface area contributed by atoms with Crippen LogP contribution in [-0.2, 0) is 16.0 Å². The smallest absolute Gasteiger partial charge is 0.335 e. The van der Waals surface area contributed by atoms with E-state index in [1.807, 2.05) is 11.8 Å². The molecule has 3 aliphatic rings. The van der Waals surface area contributed by atoms with Gasteiger partial charge >= 0.3 is 6.03 Å². The molecule has 0 saturated carbocycles. The molecule has 2 aromatic carbocycles. The summed E-state index contributed by atoms with van der Waals surface area (Å²) in [5.41, 5.74) is -0.159. The summed E-state index contributed by atoms with van der Waals surface area (Å²) >= 11 is 5.98. The number of likely N-dealkylation sites (N-methyl/N-ethyl adjacent to an activating group) is 1. The number of hydrogen-bond donors (Lipinski definition) is 1.